The Morgan fingerprint density at radius 3 is 2.66 bits per heavy atom. The van der Waals surface area contributed by atoms with Gasteiger partial charge in [-0.2, -0.15) is 0 Å². The van der Waals surface area contributed by atoms with Crippen LogP contribution in [-0.2, 0) is 9.47 Å². The summed E-state index contributed by atoms with van der Waals surface area (Å²) >= 11 is 0. The van der Waals surface area contributed by atoms with Crippen LogP contribution in [0.4, 0.5) is 4.79 Å². The maximum Gasteiger partial charge on any atom is 0.508 e. The molecule has 4 aliphatic rings. The van der Waals surface area contributed by atoms with Crippen molar-refractivity contribution in [2.24, 2.45) is 46.3 Å². The van der Waals surface area contributed by atoms with E-state index in [1.807, 2.05) is 0 Å². The lowest BCUT2D eigenvalue weighted by Gasteiger charge is -2.58. The van der Waals surface area contributed by atoms with Crippen LogP contribution in [0.5, 0.6) is 0 Å². The van der Waals surface area contributed by atoms with Gasteiger partial charge in [0.1, 0.15) is 6.10 Å². The molecule has 0 bridgehead atoms. The minimum absolute atomic E-state index is 0.0292. The summed E-state index contributed by atoms with van der Waals surface area (Å²) in [4.78, 5) is 12.1. The summed E-state index contributed by atoms with van der Waals surface area (Å²) in [6.45, 7) is 16.5. The van der Waals surface area contributed by atoms with E-state index < -0.39 is 6.16 Å². The molecule has 3 fully saturated rings. The number of ether oxygens (including phenoxy) is 2. The molecule has 0 N–H and O–H groups in total. The molecule has 8 atom stereocenters. The standard InChI is InChI=1S/C32H52O3/c1-7-8-20-34-30(33)35-25-16-18-31(5)24(21-25)12-13-26-28-15-14-27(23(4)11-9-10-22(2)3)32(28,6)19-17-29(26)31/h7,12,22-23,25-29H,1,8-11,13-21H2,2-6H3/t23-,25?,26+,27-,28+,29+,31+,32-/m1/s1. The first-order chi connectivity index (χ1) is 16.7. The van der Waals surface area contributed by atoms with E-state index >= 15 is 0 Å². The van der Waals surface area contributed by atoms with Gasteiger partial charge in [0.15, 0.2) is 0 Å². The minimum atomic E-state index is -0.511. The highest BCUT2D eigenvalue weighted by Crippen LogP contribution is 2.67. The molecule has 35 heavy (non-hydrogen) atoms. The van der Waals surface area contributed by atoms with Crippen molar-refractivity contribution in [3.63, 3.8) is 0 Å². The van der Waals surface area contributed by atoms with Gasteiger partial charge in [0.2, 0.25) is 0 Å². The zero-order chi connectivity index (χ0) is 25.2. The lowest BCUT2D eigenvalue weighted by Crippen LogP contribution is -2.51. The molecular weight excluding hydrogens is 432 g/mol. The highest BCUT2D eigenvalue weighted by atomic mass is 16.7. The molecule has 198 valence electrons. The van der Waals surface area contributed by atoms with E-state index in [9.17, 15) is 4.79 Å². The molecule has 4 aliphatic carbocycles. The van der Waals surface area contributed by atoms with Gasteiger partial charge in [0, 0.05) is 6.42 Å². The van der Waals surface area contributed by atoms with E-state index in [1.165, 1.54) is 51.4 Å². The molecule has 3 saturated carbocycles. The maximum atomic E-state index is 12.1. The Kier molecular flexibility index (Phi) is 8.43. The second-order valence-corrected chi connectivity index (χ2v) is 13.4. The average molecular weight is 485 g/mol. The number of hydrogen-bond acceptors (Lipinski definition) is 3. The van der Waals surface area contributed by atoms with Crippen LogP contribution >= 0.6 is 0 Å². The fourth-order valence-electron chi connectivity index (χ4n) is 9.15. The van der Waals surface area contributed by atoms with Crippen molar-refractivity contribution in [3.8, 4) is 0 Å². The zero-order valence-electron chi connectivity index (χ0n) is 23.3. The molecule has 3 nitrogen and oxygen atoms in total. The lowest BCUT2D eigenvalue weighted by atomic mass is 9.47. The fraction of sp³-hybridized carbons (Fsp3) is 0.844. The van der Waals surface area contributed by atoms with Gasteiger partial charge in [-0.1, -0.05) is 71.6 Å². The van der Waals surface area contributed by atoms with E-state index in [2.05, 4.69) is 47.3 Å². The third-order valence-corrected chi connectivity index (χ3v) is 11.1. The van der Waals surface area contributed by atoms with Gasteiger partial charge in [-0.15, -0.1) is 6.58 Å². The first-order valence-electron chi connectivity index (χ1n) is 14.8. The Labute approximate surface area is 215 Å². The first kappa shape index (κ1) is 26.8. The molecule has 0 aromatic rings. The van der Waals surface area contributed by atoms with Crippen LogP contribution in [-0.4, -0.2) is 18.9 Å². The predicted molar refractivity (Wildman–Crippen MR) is 144 cm³/mol. The molecule has 0 aromatic carbocycles. The molecule has 0 amide bonds. The first-order valence-corrected chi connectivity index (χ1v) is 14.8. The Morgan fingerprint density at radius 2 is 1.91 bits per heavy atom. The summed E-state index contributed by atoms with van der Waals surface area (Å²) in [5.41, 5.74) is 2.39. The van der Waals surface area contributed by atoms with Crippen LogP contribution in [0.3, 0.4) is 0 Å². The number of rotatable bonds is 9. The van der Waals surface area contributed by atoms with Crippen molar-refractivity contribution in [2.75, 3.05) is 6.61 Å². The van der Waals surface area contributed by atoms with E-state index in [4.69, 9.17) is 9.47 Å². The summed E-state index contributed by atoms with van der Waals surface area (Å²) in [7, 11) is 0. The molecular formula is C32H52O3. The summed E-state index contributed by atoms with van der Waals surface area (Å²) in [6, 6.07) is 0. The van der Waals surface area contributed by atoms with Crippen molar-refractivity contribution in [2.45, 2.75) is 118 Å². The van der Waals surface area contributed by atoms with Crippen LogP contribution in [0.1, 0.15) is 112 Å². The number of carbonyl (C=O) groups is 1. The van der Waals surface area contributed by atoms with Gasteiger partial charge in [0.25, 0.3) is 0 Å². The van der Waals surface area contributed by atoms with Crippen LogP contribution in [0.2, 0.25) is 0 Å². The SMILES string of the molecule is C=CCCOC(=O)OC1CC[C@@]2(C)C(=CC[C@H]3[C@@H]4CC[C@H]([C@H](C)CCCC(C)C)[C@@]4(C)CC[C@@H]32)C1. The molecule has 0 saturated heterocycles. The molecule has 3 heteroatoms. The summed E-state index contributed by atoms with van der Waals surface area (Å²) in [5, 5.41) is 0. The van der Waals surface area contributed by atoms with Crippen molar-refractivity contribution < 1.29 is 14.3 Å². The summed E-state index contributed by atoms with van der Waals surface area (Å²) in [5.74, 6) is 5.14. The lowest BCUT2D eigenvalue weighted by molar-refractivity contribution is -0.0616. The van der Waals surface area contributed by atoms with Crippen LogP contribution < -0.4 is 0 Å². The normalized spacial score (nSPS) is 39.1. The van der Waals surface area contributed by atoms with Crippen LogP contribution in [0.25, 0.3) is 0 Å². The van der Waals surface area contributed by atoms with Crippen molar-refractivity contribution >= 4 is 6.16 Å². The van der Waals surface area contributed by atoms with E-state index in [1.54, 1.807) is 11.6 Å². The van der Waals surface area contributed by atoms with Gasteiger partial charge < -0.3 is 9.47 Å². The van der Waals surface area contributed by atoms with Crippen LogP contribution in [0.15, 0.2) is 24.3 Å². The third-order valence-electron chi connectivity index (χ3n) is 11.1. The summed E-state index contributed by atoms with van der Waals surface area (Å²) in [6.07, 6.45) is 18.6. The number of fused-ring (bicyclic) bond motifs is 5. The van der Waals surface area contributed by atoms with Crippen molar-refractivity contribution in [1.29, 1.82) is 0 Å². The molecule has 1 unspecified atom stereocenters. The highest BCUT2D eigenvalue weighted by Gasteiger charge is 2.59. The maximum absolute atomic E-state index is 12.1. The smallest absolute Gasteiger partial charge is 0.434 e. The Balaban J connectivity index is 1.39. The Morgan fingerprint density at radius 1 is 1.11 bits per heavy atom. The second-order valence-electron chi connectivity index (χ2n) is 13.4. The topological polar surface area (TPSA) is 35.5 Å². The Bertz CT molecular complexity index is 784. The van der Waals surface area contributed by atoms with Crippen molar-refractivity contribution in [3.05, 3.63) is 24.3 Å². The van der Waals surface area contributed by atoms with Crippen LogP contribution in [0, 0.1) is 46.3 Å². The average Bonchev–Trinajstić information content (AvgIpc) is 3.16. The second kappa shape index (κ2) is 11.0. The van der Waals surface area contributed by atoms with Gasteiger partial charge >= 0.3 is 6.16 Å². The number of carbonyl (C=O) groups excluding carboxylic acids is 1. The molecule has 0 aromatic heterocycles. The Hall–Kier alpha value is -1.25. The van der Waals surface area contributed by atoms with Gasteiger partial charge in [0.05, 0.1) is 6.61 Å². The number of hydrogen-bond donors (Lipinski definition) is 0. The number of allylic oxidation sites excluding steroid dienone is 1. The van der Waals surface area contributed by atoms with Gasteiger partial charge in [-0.25, -0.2) is 4.79 Å². The highest BCUT2D eigenvalue weighted by molar-refractivity contribution is 5.60. The molecule has 0 aliphatic heterocycles. The van der Waals surface area contributed by atoms with Gasteiger partial charge in [-0.05, 0) is 97.7 Å². The van der Waals surface area contributed by atoms with E-state index in [0.717, 1.165) is 54.8 Å². The molecule has 4 rings (SSSR count). The molecule has 0 heterocycles. The summed E-state index contributed by atoms with van der Waals surface area (Å²) < 4.78 is 10.9. The zero-order valence-corrected chi connectivity index (χ0v) is 23.3. The van der Waals surface area contributed by atoms with Gasteiger partial charge in [-0.3, -0.25) is 0 Å². The predicted octanol–water partition coefficient (Wildman–Crippen LogP) is 9.13. The monoisotopic (exact) mass is 484 g/mol. The fourth-order valence-corrected chi connectivity index (χ4v) is 9.15. The van der Waals surface area contributed by atoms with E-state index in [-0.39, 0.29) is 11.5 Å². The minimum Gasteiger partial charge on any atom is -0.434 e. The quantitative estimate of drug-likeness (QED) is 0.186. The third kappa shape index (κ3) is 5.40. The van der Waals surface area contributed by atoms with Crippen molar-refractivity contribution in [1.82, 2.24) is 0 Å². The van der Waals surface area contributed by atoms with E-state index in [0.29, 0.717) is 18.4 Å². The largest absolute Gasteiger partial charge is 0.508 e. The molecule has 0 spiro atoms. The molecule has 0 radical (unpaired) electrons.